The lowest BCUT2D eigenvalue weighted by atomic mass is 10.1. The van der Waals surface area contributed by atoms with Gasteiger partial charge in [-0.15, -0.1) is 0 Å². The first kappa shape index (κ1) is 14.0. The molecule has 1 aromatic heterocycles. The van der Waals surface area contributed by atoms with E-state index in [4.69, 9.17) is 4.52 Å². The van der Waals surface area contributed by atoms with E-state index in [-0.39, 0.29) is 5.91 Å². The van der Waals surface area contributed by atoms with Crippen molar-refractivity contribution >= 4 is 5.91 Å². The molecule has 0 saturated heterocycles. The fraction of sp³-hybridized carbons (Fsp3) is 0.769. The highest BCUT2D eigenvalue weighted by Crippen LogP contribution is 2.38. The molecule has 0 unspecified atom stereocenters. The molecule has 1 saturated carbocycles. The van der Waals surface area contributed by atoms with E-state index in [2.05, 4.69) is 10.1 Å². The molecular weight excluding hydrogens is 246 g/mol. The van der Waals surface area contributed by atoms with Gasteiger partial charge in [-0.05, 0) is 26.7 Å². The highest BCUT2D eigenvalue weighted by atomic mass is 16.5. The van der Waals surface area contributed by atoms with E-state index >= 15 is 0 Å². The van der Waals surface area contributed by atoms with Crippen LogP contribution in [0.1, 0.15) is 50.7 Å². The van der Waals surface area contributed by atoms with Crippen LogP contribution in [0.2, 0.25) is 0 Å². The monoisotopic (exact) mass is 267 g/mol. The van der Waals surface area contributed by atoms with E-state index in [9.17, 15) is 9.90 Å². The second kappa shape index (κ2) is 5.28. The molecule has 1 aromatic rings. The molecule has 2 rings (SSSR count). The summed E-state index contributed by atoms with van der Waals surface area (Å²) in [6.07, 6.45) is 3.03. The fourth-order valence-corrected chi connectivity index (χ4v) is 1.95. The zero-order valence-corrected chi connectivity index (χ0v) is 11.7. The Morgan fingerprint density at radius 2 is 2.21 bits per heavy atom. The molecule has 0 bridgehead atoms. The summed E-state index contributed by atoms with van der Waals surface area (Å²) in [6.45, 7) is 3.66. The minimum Gasteiger partial charge on any atom is -0.389 e. The smallest absolute Gasteiger partial charge is 0.227 e. The molecule has 0 spiro atoms. The van der Waals surface area contributed by atoms with Gasteiger partial charge in [0.05, 0.1) is 5.60 Å². The molecule has 1 N–H and O–H groups in total. The fourth-order valence-electron chi connectivity index (χ4n) is 1.95. The van der Waals surface area contributed by atoms with Crippen LogP contribution in [0.25, 0.3) is 0 Å². The number of nitrogens with zero attached hydrogens (tertiary/aromatic N) is 3. The van der Waals surface area contributed by atoms with Crippen LogP contribution in [-0.2, 0) is 11.2 Å². The maximum absolute atomic E-state index is 11.9. The summed E-state index contributed by atoms with van der Waals surface area (Å²) in [7, 11) is 1.68. The summed E-state index contributed by atoms with van der Waals surface area (Å²) >= 11 is 0. The van der Waals surface area contributed by atoms with Crippen LogP contribution in [-0.4, -0.2) is 45.2 Å². The number of aryl methyl sites for hydroxylation is 1. The number of amides is 1. The number of aliphatic hydroxyl groups is 1. The Balaban J connectivity index is 1.78. The quantitative estimate of drug-likeness (QED) is 0.835. The lowest BCUT2D eigenvalue weighted by molar-refractivity contribution is -0.132. The molecule has 6 nitrogen and oxygen atoms in total. The van der Waals surface area contributed by atoms with Crippen molar-refractivity contribution in [3.8, 4) is 0 Å². The van der Waals surface area contributed by atoms with Crippen LogP contribution < -0.4 is 0 Å². The minimum atomic E-state index is -0.881. The van der Waals surface area contributed by atoms with E-state index in [1.54, 1.807) is 20.9 Å². The standard InChI is InChI=1S/C13H21N3O3/c1-13(2,18)8-16(3)11(17)7-6-10-14-12(15-19-10)9-4-5-9/h9,18H,4-8H2,1-3H3. The van der Waals surface area contributed by atoms with Gasteiger partial charge in [0.25, 0.3) is 0 Å². The van der Waals surface area contributed by atoms with E-state index in [1.165, 1.54) is 4.90 Å². The highest BCUT2D eigenvalue weighted by Gasteiger charge is 2.28. The van der Waals surface area contributed by atoms with Gasteiger partial charge in [-0.1, -0.05) is 5.16 Å². The lowest BCUT2D eigenvalue weighted by Gasteiger charge is -2.25. The Morgan fingerprint density at radius 3 is 2.79 bits per heavy atom. The number of carbonyl (C=O) groups is 1. The van der Waals surface area contributed by atoms with Crippen molar-refractivity contribution in [3.63, 3.8) is 0 Å². The van der Waals surface area contributed by atoms with E-state index in [0.717, 1.165) is 18.7 Å². The summed E-state index contributed by atoms with van der Waals surface area (Å²) in [4.78, 5) is 17.7. The Hall–Kier alpha value is -1.43. The van der Waals surface area contributed by atoms with Crippen molar-refractivity contribution < 1.29 is 14.4 Å². The van der Waals surface area contributed by atoms with Crippen molar-refractivity contribution in [2.45, 2.75) is 51.0 Å². The molecule has 19 heavy (non-hydrogen) atoms. The molecule has 0 aliphatic heterocycles. The van der Waals surface area contributed by atoms with Gasteiger partial charge in [-0.3, -0.25) is 4.79 Å². The number of hydrogen-bond donors (Lipinski definition) is 1. The Labute approximate surface area is 112 Å². The summed E-state index contributed by atoms with van der Waals surface area (Å²) in [6, 6.07) is 0. The molecule has 0 atom stereocenters. The van der Waals surface area contributed by atoms with Crippen LogP contribution >= 0.6 is 0 Å². The third kappa shape index (κ3) is 4.31. The molecule has 0 radical (unpaired) electrons. The van der Waals surface area contributed by atoms with Gasteiger partial charge in [0.15, 0.2) is 5.82 Å². The summed E-state index contributed by atoms with van der Waals surface area (Å²) < 4.78 is 5.12. The van der Waals surface area contributed by atoms with Crippen molar-refractivity contribution in [1.29, 1.82) is 0 Å². The summed E-state index contributed by atoms with van der Waals surface area (Å²) in [5, 5.41) is 13.6. The molecule has 0 aromatic carbocycles. The van der Waals surface area contributed by atoms with Gasteiger partial charge in [0, 0.05) is 32.4 Å². The minimum absolute atomic E-state index is 0.0340. The number of likely N-dealkylation sites (N-methyl/N-ethyl adjacent to an activating group) is 1. The Morgan fingerprint density at radius 1 is 1.53 bits per heavy atom. The zero-order chi connectivity index (χ0) is 14.0. The van der Waals surface area contributed by atoms with E-state index in [1.807, 2.05) is 0 Å². The second-order valence-corrected chi connectivity index (χ2v) is 5.88. The van der Waals surface area contributed by atoms with Gasteiger partial charge < -0.3 is 14.5 Å². The maximum Gasteiger partial charge on any atom is 0.227 e. The average molecular weight is 267 g/mol. The van der Waals surface area contributed by atoms with Crippen molar-refractivity contribution in [1.82, 2.24) is 15.0 Å². The molecule has 1 aliphatic rings. The highest BCUT2D eigenvalue weighted by molar-refractivity contribution is 5.76. The molecule has 6 heteroatoms. The van der Waals surface area contributed by atoms with Crippen molar-refractivity contribution in [2.75, 3.05) is 13.6 Å². The van der Waals surface area contributed by atoms with Crippen LogP contribution in [0.5, 0.6) is 0 Å². The first-order chi connectivity index (χ1) is 8.85. The van der Waals surface area contributed by atoms with Gasteiger partial charge in [-0.2, -0.15) is 4.98 Å². The number of rotatable bonds is 6. The first-order valence-electron chi connectivity index (χ1n) is 6.64. The van der Waals surface area contributed by atoms with Gasteiger partial charge >= 0.3 is 0 Å². The molecule has 1 amide bonds. The summed E-state index contributed by atoms with van der Waals surface area (Å²) in [5.41, 5.74) is -0.881. The van der Waals surface area contributed by atoms with Crippen molar-refractivity contribution in [3.05, 3.63) is 11.7 Å². The van der Waals surface area contributed by atoms with Gasteiger partial charge in [0.1, 0.15) is 0 Å². The predicted molar refractivity (Wildman–Crippen MR) is 68.5 cm³/mol. The van der Waals surface area contributed by atoms with Crippen LogP contribution in [0.15, 0.2) is 4.52 Å². The largest absolute Gasteiger partial charge is 0.389 e. The second-order valence-electron chi connectivity index (χ2n) is 5.88. The molecular formula is C13H21N3O3. The third-order valence-corrected chi connectivity index (χ3v) is 3.03. The normalized spacial score (nSPS) is 15.6. The molecule has 1 aliphatic carbocycles. The maximum atomic E-state index is 11.9. The summed E-state index contributed by atoms with van der Waals surface area (Å²) in [5.74, 6) is 1.72. The number of carbonyl (C=O) groups excluding carboxylic acids is 1. The topological polar surface area (TPSA) is 79.5 Å². The molecule has 1 fully saturated rings. The SMILES string of the molecule is CN(CC(C)(C)O)C(=O)CCc1nc(C2CC2)no1. The van der Waals surface area contributed by atoms with Crippen molar-refractivity contribution in [2.24, 2.45) is 0 Å². The van der Waals surface area contributed by atoms with E-state index < -0.39 is 5.60 Å². The van der Waals surface area contributed by atoms with Crippen LogP contribution in [0.3, 0.4) is 0 Å². The van der Waals surface area contributed by atoms with E-state index in [0.29, 0.717) is 31.2 Å². The van der Waals surface area contributed by atoms with Gasteiger partial charge in [0.2, 0.25) is 11.8 Å². The number of aromatic nitrogens is 2. The average Bonchev–Trinajstić information content (AvgIpc) is 3.04. The lowest BCUT2D eigenvalue weighted by Crippen LogP contribution is -2.39. The Kier molecular flexibility index (Phi) is 3.89. The zero-order valence-electron chi connectivity index (χ0n) is 11.7. The third-order valence-electron chi connectivity index (χ3n) is 3.03. The predicted octanol–water partition coefficient (Wildman–Crippen LogP) is 1.11. The number of hydrogen-bond acceptors (Lipinski definition) is 5. The first-order valence-corrected chi connectivity index (χ1v) is 6.64. The Bertz CT molecular complexity index is 446. The van der Waals surface area contributed by atoms with Crippen LogP contribution in [0, 0.1) is 0 Å². The van der Waals surface area contributed by atoms with Crippen LogP contribution in [0.4, 0.5) is 0 Å². The van der Waals surface area contributed by atoms with Gasteiger partial charge in [-0.25, -0.2) is 0 Å². The molecule has 1 heterocycles. The molecule has 106 valence electrons.